The Hall–Kier alpha value is -3.38. The van der Waals surface area contributed by atoms with Gasteiger partial charge in [0.15, 0.2) is 0 Å². The van der Waals surface area contributed by atoms with Crippen molar-refractivity contribution in [3.8, 4) is 0 Å². The SMILES string of the molecule is O=C1Nc2ccc(S(=O)(=O)Nc3cccc4ccccc34)c3cccc1c23. The van der Waals surface area contributed by atoms with Crippen LogP contribution in [0.25, 0.3) is 21.5 Å². The summed E-state index contributed by atoms with van der Waals surface area (Å²) in [4.78, 5) is 12.2. The molecule has 0 atom stereocenters. The second kappa shape index (κ2) is 5.56. The van der Waals surface area contributed by atoms with E-state index >= 15 is 0 Å². The summed E-state index contributed by atoms with van der Waals surface area (Å²) in [6.45, 7) is 0. The van der Waals surface area contributed by atoms with Crippen LogP contribution in [0.15, 0.2) is 77.7 Å². The van der Waals surface area contributed by atoms with Gasteiger partial charge in [0.1, 0.15) is 0 Å². The Morgan fingerprint density at radius 3 is 2.41 bits per heavy atom. The molecule has 0 saturated carbocycles. The highest BCUT2D eigenvalue weighted by Gasteiger charge is 2.26. The van der Waals surface area contributed by atoms with Crippen LogP contribution in [0.3, 0.4) is 0 Å². The number of amides is 1. The van der Waals surface area contributed by atoms with Crippen molar-refractivity contribution in [1.82, 2.24) is 0 Å². The van der Waals surface area contributed by atoms with Crippen LogP contribution in [-0.2, 0) is 10.0 Å². The monoisotopic (exact) mass is 374 g/mol. The zero-order valence-electron chi connectivity index (χ0n) is 14.1. The topological polar surface area (TPSA) is 75.3 Å². The summed E-state index contributed by atoms with van der Waals surface area (Å²) in [6.07, 6.45) is 0. The molecule has 0 fully saturated rings. The summed E-state index contributed by atoms with van der Waals surface area (Å²) in [5, 5.41) is 5.71. The Kier molecular flexibility index (Phi) is 3.26. The lowest BCUT2D eigenvalue weighted by Gasteiger charge is -2.13. The molecule has 1 aliphatic rings. The maximum atomic E-state index is 13.2. The van der Waals surface area contributed by atoms with Gasteiger partial charge in [-0.2, -0.15) is 0 Å². The molecule has 5 nitrogen and oxygen atoms in total. The Morgan fingerprint density at radius 1 is 0.778 bits per heavy atom. The van der Waals surface area contributed by atoms with E-state index in [0.717, 1.165) is 10.8 Å². The number of hydrogen-bond donors (Lipinski definition) is 2. The Morgan fingerprint density at radius 2 is 1.52 bits per heavy atom. The number of anilines is 2. The smallest absolute Gasteiger partial charge is 0.262 e. The third-order valence-corrected chi connectivity index (χ3v) is 6.24. The molecule has 0 aromatic heterocycles. The number of carbonyl (C=O) groups is 1. The summed E-state index contributed by atoms with van der Waals surface area (Å²) >= 11 is 0. The van der Waals surface area contributed by atoms with E-state index in [1.165, 1.54) is 6.07 Å². The third-order valence-electron chi connectivity index (χ3n) is 4.82. The third kappa shape index (κ3) is 2.38. The molecule has 132 valence electrons. The van der Waals surface area contributed by atoms with Gasteiger partial charge in [0.25, 0.3) is 15.9 Å². The van der Waals surface area contributed by atoms with Crippen molar-refractivity contribution < 1.29 is 13.2 Å². The second-order valence-electron chi connectivity index (χ2n) is 6.43. The van der Waals surface area contributed by atoms with Gasteiger partial charge in [-0.3, -0.25) is 9.52 Å². The average molecular weight is 374 g/mol. The van der Waals surface area contributed by atoms with Crippen LogP contribution in [0.5, 0.6) is 0 Å². The molecule has 1 aliphatic heterocycles. The maximum absolute atomic E-state index is 13.2. The molecule has 0 spiro atoms. The number of hydrogen-bond acceptors (Lipinski definition) is 3. The highest BCUT2D eigenvalue weighted by Crippen LogP contribution is 2.37. The second-order valence-corrected chi connectivity index (χ2v) is 8.08. The molecule has 0 bridgehead atoms. The van der Waals surface area contributed by atoms with Gasteiger partial charge in [-0.05, 0) is 29.7 Å². The van der Waals surface area contributed by atoms with E-state index in [4.69, 9.17) is 0 Å². The van der Waals surface area contributed by atoms with Gasteiger partial charge in [-0.15, -0.1) is 0 Å². The first-order chi connectivity index (χ1) is 13.0. The molecule has 0 aliphatic carbocycles. The first-order valence-electron chi connectivity index (χ1n) is 8.42. The fourth-order valence-corrected chi connectivity index (χ4v) is 4.90. The minimum atomic E-state index is -3.84. The summed E-state index contributed by atoms with van der Waals surface area (Å²) in [7, 11) is -3.84. The van der Waals surface area contributed by atoms with E-state index in [1.807, 2.05) is 36.4 Å². The van der Waals surface area contributed by atoms with E-state index in [2.05, 4.69) is 10.0 Å². The van der Waals surface area contributed by atoms with Crippen LogP contribution >= 0.6 is 0 Å². The summed E-state index contributed by atoms with van der Waals surface area (Å²) < 4.78 is 29.0. The molecular weight excluding hydrogens is 360 g/mol. The lowest BCUT2D eigenvalue weighted by atomic mass is 10.1. The van der Waals surface area contributed by atoms with Crippen LogP contribution in [0, 0.1) is 0 Å². The molecule has 1 amide bonds. The fraction of sp³-hybridized carbons (Fsp3) is 0. The summed E-state index contributed by atoms with van der Waals surface area (Å²) in [5.74, 6) is -0.216. The molecule has 0 saturated heterocycles. The van der Waals surface area contributed by atoms with Gasteiger partial charge in [-0.1, -0.05) is 48.5 Å². The Labute approximate surface area is 155 Å². The number of carbonyl (C=O) groups excluding carboxylic acids is 1. The minimum absolute atomic E-state index is 0.146. The lowest BCUT2D eigenvalue weighted by Crippen LogP contribution is -2.13. The largest absolute Gasteiger partial charge is 0.321 e. The van der Waals surface area contributed by atoms with Crippen LogP contribution in [0.2, 0.25) is 0 Å². The van der Waals surface area contributed by atoms with Gasteiger partial charge in [-0.25, -0.2) is 8.42 Å². The van der Waals surface area contributed by atoms with Crippen LogP contribution < -0.4 is 10.0 Å². The molecule has 4 aromatic rings. The van der Waals surface area contributed by atoms with Gasteiger partial charge >= 0.3 is 0 Å². The summed E-state index contributed by atoms with van der Waals surface area (Å²) in [5.41, 5.74) is 1.64. The number of nitrogens with one attached hydrogen (secondary N) is 2. The van der Waals surface area contributed by atoms with Crippen molar-refractivity contribution in [3.63, 3.8) is 0 Å². The average Bonchev–Trinajstić information content (AvgIpc) is 2.99. The molecular formula is C21H14N2O3S. The molecule has 27 heavy (non-hydrogen) atoms. The molecule has 0 unspecified atom stereocenters. The maximum Gasteiger partial charge on any atom is 0.262 e. The van der Waals surface area contributed by atoms with E-state index in [9.17, 15) is 13.2 Å². The normalized spacial score (nSPS) is 13.1. The van der Waals surface area contributed by atoms with E-state index < -0.39 is 10.0 Å². The summed E-state index contributed by atoms with van der Waals surface area (Å²) in [6, 6.07) is 21.4. The lowest BCUT2D eigenvalue weighted by molar-refractivity contribution is 0.103. The zero-order valence-corrected chi connectivity index (χ0v) is 14.9. The molecule has 1 heterocycles. The molecule has 0 radical (unpaired) electrons. The first kappa shape index (κ1) is 15.8. The van der Waals surface area contributed by atoms with Crippen LogP contribution in [0.4, 0.5) is 11.4 Å². The van der Waals surface area contributed by atoms with E-state index in [1.54, 1.807) is 30.3 Å². The Bertz CT molecular complexity index is 1360. The zero-order chi connectivity index (χ0) is 18.6. The number of sulfonamides is 1. The predicted molar refractivity (Wildman–Crippen MR) is 107 cm³/mol. The van der Waals surface area contributed by atoms with Crippen LogP contribution in [0.1, 0.15) is 10.4 Å². The van der Waals surface area contributed by atoms with Crippen molar-refractivity contribution in [2.45, 2.75) is 4.90 Å². The number of benzene rings is 4. The molecule has 2 N–H and O–H groups in total. The van der Waals surface area contributed by atoms with E-state index in [-0.39, 0.29) is 10.8 Å². The molecule has 5 rings (SSSR count). The van der Waals surface area contributed by atoms with Crippen molar-refractivity contribution in [3.05, 3.63) is 78.4 Å². The minimum Gasteiger partial charge on any atom is -0.321 e. The van der Waals surface area contributed by atoms with Crippen molar-refractivity contribution in [2.24, 2.45) is 0 Å². The van der Waals surface area contributed by atoms with Gasteiger partial charge in [0.2, 0.25) is 0 Å². The highest BCUT2D eigenvalue weighted by atomic mass is 32.2. The van der Waals surface area contributed by atoms with Crippen molar-refractivity contribution >= 4 is 48.9 Å². The molecule has 6 heteroatoms. The number of rotatable bonds is 3. The van der Waals surface area contributed by atoms with Gasteiger partial charge in [0.05, 0.1) is 10.6 Å². The van der Waals surface area contributed by atoms with Gasteiger partial charge in [0, 0.05) is 27.4 Å². The predicted octanol–water partition coefficient (Wildman–Crippen LogP) is 4.36. The van der Waals surface area contributed by atoms with E-state index in [0.29, 0.717) is 27.7 Å². The fourth-order valence-electron chi connectivity index (χ4n) is 3.61. The first-order valence-corrected chi connectivity index (χ1v) is 9.90. The number of fused-ring (bicyclic) bond motifs is 1. The van der Waals surface area contributed by atoms with Crippen LogP contribution in [-0.4, -0.2) is 14.3 Å². The van der Waals surface area contributed by atoms with Crippen molar-refractivity contribution in [1.29, 1.82) is 0 Å². The Balaban J connectivity index is 1.69. The standard InChI is InChI=1S/C21H14N2O3S/c24-21-16-9-4-8-15-19(12-11-18(22-21)20(15)16)27(25,26)23-17-10-3-6-13-5-1-2-7-14(13)17/h1-12,23H,(H,22,24). The highest BCUT2D eigenvalue weighted by molar-refractivity contribution is 7.93. The van der Waals surface area contributed by atoms with Gasteiger partial charge < -0.3 is 5.32 Å². The van der Waals surface area contributed by atoms with Crippen molar-refractivity contribution in [2.75, 3.05) is 10.0 Å². The molecule has 4 aromatic carbocycles. The quantitative estimate of drug-likeness (QED) is 0.559.